The zero-order valence-electron chi connectivity index (χ0n) is 35.8. The molecule has 0 unspecified atom stereocenters. The summed E-state index contributed by atoms with van der Waals surface area (Å²) in [6, 6.07) is 31.8. The molecule has 0 aliphatic rings. The maximum Gasteiger partial charge on any atom is 0.311 e. The molecule has 6 rings (SSSR count). The van der Waals surface area contributed by atoms with Gasteiger partial charge in [-0.2, -0.15) is 10.2 Å². The quantitative estimate of drug-likeness (QED) is 0.0375. The fraction of sp³-hybridized carbons (Fsp3) is 0.200. The zero-order chi connectivity index (χ0) is 45.2. The molecular formula is C45H53N9O7. The number of benzene rings is 6. The first kappa shape index (κ1) is 47.5. The summed E-state index contributed by atoms with van der Waals surface area (Å²) >= 11 is 0. The SMILES string of the molecule is COc1cc(N)ccc1N.COc1cc(N=Nc2ccc(C)c(C)c2)ccc1[N+](=O)[O-].COc1cc(NNc2ccc(C)c(C)c2)ccc1[N+](=O)[O-].Cc1ccc(N)cc1C. The number of nitro benzene ring substituents is 2. The van der Waals surface area contributed by atoms with Crippen molar-refractivity contribution in [3.8, 4) is 17.2 Å². The molecule has 6 aromatic carbocycles. The van der Waals surface area contributed by atoms with Crippen molar-refractivity contribution in [3.63, 3.8) is 0 Å². The van der Waals surface area contributed by atoms with Crippen LogP contribution in [0.5, 0.6) is 17.2 Å². The molecule has 0 heterocycles. The number of azo groups is 1. The van der Waals surface area contributed by atoms with Crippen LogP contribution in [0.1, 0.15) is 33.4 Å². The molecule has 61 heavy (non-hydrogen) atoms. The van der Waals surface area contributed by atoms with E-state index in [4.69, 9.17) is 31.4 Å². The van der Waals surface area contributed by atoms with E-state index in [1.54, 1.807) is 37.4 Å². The average Bonchev–Trinajstić information content (AvgIpc) is 3.24. The summed E-state index contributed by atoms with van der Waals surface area (Å²) in [7, 11) is 4.35. The second-order valence-corrected chi connectivity index (χ2v) is 13.6. The molecule has 6 aromatic rings. The highest BCUT2D eigenvalue weighted by atomic mass is 16.6. The Morgan fingerprint density at radius 2 is 0.869 bits per heavy atom. The number of nitrogens with one attached hydrogen (secondary N) is 2. The van der Waals surface area contributed by atoms with Gasteiger partial charge >= 0.3 is 11.4 Å². The standard InChI is InChI=1S/C15H17N3O3.C15H15N3O3.C8H11N.C7H10N2O/c2*1-10-4-5-12(8-11(10)2)16-17-13-6-7-14(18(19)20)15(9-13)21-3;1-6-3-4-8(9)5-7(6)2;1-10-7-4-5(8)2-3-6(7)9/h4-9,16-17H,1-3H3;4-9H,1-3H3;3-5H,9H2,1-2H3;2-4H,8-9H2,1H3. The van der Waals surface area contributed by atoms with E-state index in [1.165, 1.54) is 66.3 Å². The maximum atomic E-state index is 10.8. The van der Waals surface area contributed by atoms with Crippen molar-refractivity contribution >= 4 is 51.2 Å². The molecule has 0 spiro atoms. The Morgan fingerprint density at radius 3 is 1.36 bits per heavy atom. The van der Waals surface area contributed by atoms with Crippen LogP contribution in [0.15, 0.2) is 119 Å². The number of nitro groups is 2. The highest BCUT2D eigenvalue weighted by molar-refractivity contribution is 5.62. The predicted octanol–water partition coefficient (Wildman–Crippen LogP) is 11.0. The third-order valence-corrected chi connectivity index (χ3v) is 9.15. The predicted molar refractivity (Wildman–Crippen MR) is 245 cm³/mol. The highest BCUT2D eigenvalue weighted by Gasteiger charge is 2.15. The molecule has 0 aromatic heterocycles. The Labute approximate surface area is 355 Å². The molecule has 0 aliphatic heterocycles. The summed E-state index contributed by atoms with van der Waals surface area (Å²) in [6.07, 6.45) is 0. The third kappa shape index (κ3) is 14.8. The van der Waals surface area contributed by atoms with Gasteiger partial charge in [-0.05, 0) is 136 Å². The molecule has 0 aliphatic carbocycles. The van der Waals surface area contributed by atoms with Gasteiger partial charge in [-0.3, -0.25) is 20.2 Å². The van der Waals surface area contributed by atoms with E-state index >= 15 is 0 Å². The van der Waals surface area contributed by atoms with Gasteiger partial charge in [0.1, 0.15) is 5.75 Å². The van der Waals surface area contributed by atoms with E-state index < -0.39 is 9.85 Å². The summed E-state index contributed by atoms with van der Waals surface area (Å²) in [5.74, 6) is 1.00. The largest absolute Gasteiger partial charge is 0.495 e. The lowest BCUT2D eigenvalue weighted by molar-refractivity contribution is -0.385. The van der Waals surface area contributed by atoms with Crippen molar-refractivity contribution in [1.29, 1.82) is 0 Å². The Bertz CT molecular complexity index is 2480. The van der Waals surface area contributed by atoms with Crippen molar-refractivity contribution in [3.05, 3.63) is 163 Å². The lowest BCUT2D eigenvalue weighted by Crippen LogP contribution is -2.09. The first-order chi connectivity index (χ1) is 28.9. The number of hydrogen-bond acceptors (Lipinski definition) is 14. The Hall–Kier alpha value is -7.88. The number of ether oxygens (including phenoxy) is 3. The van der Waals surface area contributed by atoms with Crippen LogP contribution < -0.4 is 42.3 Å². The molecule has 16 heteroatoms. The Balaban J connectivity index is 0.000000231. The van der Waals surface area contributed by atoms with E-state index in [0.717, 1.165) is 22.6 Å². The first-order valence-electron chi connectivity index (χ1n) is 18.7. The highest BCUT2D eigenvalue weighted by Crippen LogP contribution is 2.32. The zero-order valence-corrected chi connectivity index (χ0v) is 35.8. The number of nitrogen functional groups attached to an aromatic ring is 3. The monoisotopic (exact) mass is 831 g/mol. The van der Waals surface area contributed by atoms with Gasteiger partial charge in [-0.15, -0.1) is 0 Å². The number of aryl methyl sites for hydroxylation is 6. The van der Waals surface area contributed by atoms with Gasteiger partial charge in [-0.1, -0.05) is 18.2 Å². The lowest BCUT2D eigenvalue weighted by atomic mass is 10.1. The van der Waals surface area contributed by atoms with Crippen molar-refractivity contribution in [2.45, 2.75) is 41.5 Å². The second kappa shape index (κ2) is 22.9. The van der Waals surface area contributed by atoms with Gasteiger partial charge in [0, 0.05) is 41.7 Å². The van der Waals surface area contributed by atoms with E-state index in [9.17, 15) is 20.2 Å². The maximum absolute atomic E-state index is 10.8. The topological polar surface area (TPSA) is 241 Å². The Morgan fingerprint density at radius 1 is 0.459 bits per heavy atom. The Kier molecular flexibility index (Phi) is 17.8. The van der Waals surface area contributed by atoms with Gasteiger partial charge in [0.2, 0.25) is 0 Å². The van der Waals surface area contributed by atoms with Crippen molar-refractivity contribution in [1.82, 2.24) is 0 Å². The molecule has 0 saturated heterocycles. The van der Waals surface area contributed by atoms with Crippen molar-refractivity contribution < 1.29 is 24.1 Å². The van der Waals surface area contributed by atoms with Gasteiger partial charge in [0.15, 0.2) is 11.5 Å². The summed E-state index contributed by atoms with van der Waals surface area (Å²) in [5, 5.41) is 29.8. The molecule has 0 fully saturated rings. The number of nitrogens with two attached hydrogens (primary N) is 3. The van der Waals surface area contributed by atoms with Crippen LogP contribution in [0.2, 0.25) is 0 Å². The van der Waals surface area contributed by atoms with Crippen LogP contribution in [0.3, 0.4) is 0 Å². The summed E-state index contributed by atoms with van der Waals surface area (Å²) in [6.45, 7) is 12.3. The van der Waals surface area contributed by atoms with E-state index in [1.807, 2.05) is 82.3 Å². The summed E-state index contributed by atoms with van der Waals surface area (Å²) in [4.78, 5) is 20.7. The molecule has 0 amide bonds. The number of hydrazine groups is 1. The number of rotatable bonds is 10. The normalized spacial score (nSPS) is 10.1. The molecular weight excluding hydrogens is 779 g/mol. The van der Waals surface area contributed by atoms with Gasteiger partial charge in [0.25, 0.3) is 0 Å². The molecule has 0 bridgehead atoms. The van der Waals surface area contributed by atoms with Crippen molar-refractivity contribution in [2.75, 3.05) is 49.4 Å². The van der Waals surface area contributed by atoms with Gasteiger partial charge in [-0.25, -0.2) is 0 Å². The first-order valence-corrected chi connectivity index (χ1v) is 18.7. The minimum absolute atomic E-state index is 0.0609. The minimum atomic E-state index is -0.497. The average molecular weight is 832 g/mol. The van der Waals surface area contributed by atoms with Crippen LogP contribution in [-0.2, 0) is 0 Å². The molecule has 0 atom stereocenters. The van der Waals surface area contributed by atoms with Crippen LogP contribution in [0, 0.1) is 61.8 Å². The number of hydrogen-bond donors (Lipinski definition) is 5. The third-order valence-electron chi connectivity index (χ3n) is 9.15. The smallest absolute Gasteiger partial charge is 0.311 e. The molecule has 0 saturated carbocycles. The lowest BCUT2D eigenvalue weighted by Gasteiger charge is -2.12. The van der Waals surface area contributed by atoms with Crippen LogP contribution >= 0.6 is 0 Å². The van der Waals surface area contributed by atoms with Crippen LogP contribution in [0.25, 0.3) is 0 Å². The van der Waals surface area contributed by atoms with Gasteiger partial charge in [0.05, 0.1) is 59.6 Å². The molecule has 16 nitrogen and oxygen atoms in total. The molecule has 8 N–H and O–H groups in total. The second-order valence-electron chi connectivity index (χ2n) is 13.6. The summed E-state index contributed by atoms with van der Waals surface area (Å²) in [5.41, 5.74) is 34.6. The van der Waals surface area contributed by atoms with Crippen LogP contribution in [0.4, 0.5) is 51.2 Å². The molecule has 320 valence electrons. The number of anilines is 5. The van der Waals surface area contributed by atoms with Crippen molar-refractivity contribution in [2.24, 2.45) is 10.2 Å². The fourth-order valence-electron chi connectivity index (χ4n) is 5.14. The minimum Gasteiger partial charge on any atom is -0.495 e. The van der Waals surface area contributed by atoms with Crippen LogP contribution in [-0.4, -0.2) is 31.2 Å². The van der Waals surface area contributed by atoms with Gasteiger partial charge < -0.3 is 42.3 Å². The molecule has 0 radical (unpaired) electrons. The number of methoxy groups -OCH3 is 3. The summed E-state index contributed by atoms with van der Waals surface area (Å²) < 4.78 is 14.9. The number of nitrogens with zero attached hydrogens (tertiary/aromatic N) is 4. The van der Waals surface area contributed by atoms with E-state index in [2.05, 4.69) is 34.9 Å². The van der Waals surface area contributed by atoms with E-state index in [-0.39, 0.29) is 22.9 Å². The fourth-order valence-corrected chi connectivity index (χ4v) is 5.14. The van der Waals surface area contributed by atoms with E-state index in [0.29, 0.717) is 28.5 Å².